The summed E-state index contributed by atoms with van der Waals surface area (Å²) >= 11 is 0. The van der Waals surface area contributed by atoms with E-state index in [-0.39, 0.29) is 5.78 Å². The topological polar surface area (TPSA) is 57.9 Å². The zero-order valence-electron chi connectivity index (χ0n) is 15.9. The molecule has 0 N–H and O–H groups in total. The molecule has 0 radical (unpaired) electrons. The monoisotopic (exact) mass is 366 g/mol. The normalized spacial score (nSPS) is 12.0. The number of nitrogens with zero attached hydrogens (tertiary/aromatic N) is 1. The summed E-state index contributed by atoms with van der Waals surface area (Å²) in [5.41, 5.74) is 2.68. The first-order valence-corrected chi connectivity index (χ1v) is 8.44. The molecular weight excluding hydrogens is 346 g/mol. The summed E-state index contributed by atoms with van der Waals surface area (Å²) in [5, 5.41) is 1.74. The molecule has 27 heavy (non-hydrogen) atoms. The van der Waals surface area contributed by atoms with Gasteiger partial charge in [0, 0.05) is 22.8 Å². The third-order valence-corrected chi connectivity index (χ3v) is 5.02. The highest BCUT2D eigenvalue weighted by atomic mass is 16.5. The lowest BCUT2D eigenvalue weighted by atomic mass is 9.84. The minimum Gasteiger partial charge on any atom is -0.493 e. The molecule has 0 amide bonds. The molecular formula is C21H20NO5+. The Morgan fingerprint density at radius 2 is 1.44 bits per heavy atom. The van der Waals surface area contributed by atoms with E-state index in [0.717, 1.165) is 21.9 Å². The lowest BCUT2D eigenvalue weighted by Crippen LogP contribution is -2.37. The van der Waals surface area contributed by atoms with E-state index in [1.165, 1.54) is 0 Å². The quantitative estimate of drug-likeness (QED) is 0.520. The Kier molecular flexibility index (Phi) is 3.91. The maximum Gasteiger partial charge on any atom is 0.262 e. The Morgan fingerprint density at radius 1 is 0.815 bits per heavy atom. The van der Waals surface area contributed by atoms with Crippen molar-refractivity contribution in [2.45, 2.75) is 0 Å². The van der Waals surface area contributed by atoms with Gasteiger partial charge < -0.3 is 18.9 Å². The average molecular weight is 366 g/mol. The van der Waals surface area contributed by atoms with E-state index in [1.54, 1.807) is 34.5 Å². The number of aryl methyl sites for hydroxylation is 1. The Hall–Kier alpha value is -3.28. The van der Waals surface area contributed by atoms with E-state index in [2.05, 4.69) is 0 Å². The number of benzene rings is 2. The Morgan fingerprint density at radius 3 is 2.04 bits per heavy atom. The van der Waals surface area contributed by atoms with Crippen LogP contribution in [0.2, 0.25) is 0 Å². The minimum atomic E-state index is -0.0706. The van der Waals surface area contributed by atoms with Crippen LogP contribution in [0.1, 0.15) is 16.1 Å². The molecule has 138 valence electrons. The van der Waals surface area contributed by atoms with Crippen molar-refractivity contribution in [2.24, 2.45) is 7.05 Å². The van der Waals surface area contributed by atoms with Crippen LogP contribution in [0.15, 0.2) is 30.5 Å². The number of fused-ring (bicyclic) bond motifs is 2. The number of rotatable bonds is 4. The van der Waals surface area contributed by atoms with Crippen LogP contribution in [0.4, 0.5) is 0 Å². The number of hydrogen-bond donors (Lipinski definition) is 0. The fourth-order valence-corrected chi connectivity index (χ4v) is 3.78. The molecule has 2 aromatic carbocycles. The molecule has 3 aromatic rings. The Balaban J connectivity index is 2.24. The van der Waals surface area contributed by atoms with Crippen LogP contribution >= 0.6 is 0 Å². The van der Waals surface area contributed by atoms with Crippen LogP contribution in [-0.4, -0.2) is 34.2 Å². The fraction of sp³-hybridized carbons (Fsp3) is 0.238. The minimum absolute atomic E-state index is 0.0706. The molecule has 0 aliphatic heterocycles. The van der Waals surface area contributed by atoms with E-state index in [1.807, 2.05) is 36.0 Å². The van der Waals surface area contributed by atoms with Gasteiger partial charge in [0.2, 0.25) is 0 Å². The van der Waals surface area contributed by atoms with Crippen molar-refractivity contribution in [3.8, 4) is 34.1 Å². The van der Waals surface area contributed by atoms with Gasteiger partial charge in [-0.3, -0.25) is 4.79 Å². The van der Waals surface area contributed by atoms with Gasteiger partial charge >= 0.3 is 0 Å². The van der Waals surface area contributed by atoms with E-state index < -0.39 is 0 Å². The molecule has 0 bridgehead atoms. The summed E-state index contributed by atoms with van der Waals surface area (Å²) in [6.45, 7) is 0. The van der Waals surface area contributed by atoms with Gasteiger partial charge in [-0.05, 0) is 23.6 Å². The highest BCUT2D eigenvalue weighted by Crippen LogP contribution is 2.50. The molecule has 1 heterocycles. The molecule has 1 aromatic heterocycles. The number of methoxy groups -OCH3 is 4. The van der Waals surface area contributed by atoms with Gasteiger partial charge in [-0.15, -0.1) is 0 Å². The predicted octanol–water partition coefficient (Wildman–Crippen LogP) is 2.91. The van der Waals surface area contributed by atoms with Crippen molar-refractivity contribution in [3.63, 3.8) is 0 Å². The molecule has 0 spiro atoms. The maximum absolute atomic E-state index is 13.3. The Labute approximate surface area is 156 Å². The molecule has 1 aliphatic rings. The van der Waals surface area contributed by atoms with E-state index >= 15 is 0 Å². The zero-order chi connectivity index (χ0) is 19.3. The molecule has 0 saturated carbocycles. The lowest BCUT2D eigenvalue weighted by molar-refractivity contribution is -0.671. The van der Waals surface area contributed by atoms with Gasteiger partial charge in [0.1, 0.15) is 7.05 Å². The molecule has 0 saturated heterocycles. The number of aromatic nitrogens is 1. The lowest BCUT2D eigenvalue weighted by Gasteiger charge is -2.23. The molecule has 0 atom stereocenters. The van der Waals surface area contributed by atoms with E-state index in [4.69, 9.17) is 18.9 Å². The van der Waals surface area contributed by atoms with Gasteiger partial charge in [-0.2, -0.15) is 4.57 Å². The summed E-state index contributed by atoms with van der Waals surface area (Å²) < 4.78 is 23.9. The van der Waals surface area contributed by atoms with Gasteiger partial charge in [-0.25, -0.2) is 0 Å². The summed E-state index contributed by atoms with van der Waals surface area (Å²) in [6, 6.07) is 7.39. The average Bonchev–Trinajstić information content (AvgIpc) is 2.70. The zero-order valence-corrected chi connectivity index (χ0v) is 15.9. The fourth-order valence-electron chi connectivity index (χ4n) is 3.78. The number of carbonyl (C=O) groups is 1. The van der Waals surface area contributed by atoms with Gasteiger partial charge in [-0.1, -0.05) is 0 Å². The maximum atomic E-state index is 13.3. The first kappa shape index (κ1) is 17.1. The predicted molar refractivity (Wildman–Crippen MR) is 100 cm³/mol. The SMILES string of the molecule is COc1cc2c(cc1OC)-c1c(OC)c(OC)cc3cc[n+](C)c(c13)C2=O. The van der Waals surface area contributed by atoms with Crippen molar-refractivity contribution < 1.29 is 28.3 Å². The number of ketones is 1. The van der Waals surface area contributed by atoms with Crippen molar-refractivity contribution >= 4 is 16.6 Å². The van der Waals surface area contributed by atoms with Crippen LogP contribution in [0.5, 0.6) is 23.0 Å². The van der Waals surface area contributed by atoms with Crippen LogP contribution in [0.3, 0.4) is 0 Å². The highest BCUT2D eigenvalue weighted by molar-refractivity contribution is 6.25. The van der Waals surface area contributed by atoms with Crippen LogP contribution in [0.25, 0.3) is 21.9 Å². The standard InChI is InChI=1S/C21H20NO5/c1-22-7-6-11-8-16(26-4)21(27-5)18-12-9-14(24-2)15(25-3)10-13(12)20(23)19(22)17(11)18/h6-10H,1-5H3/q+1. The second kappa shape index (κ2) is 6.16. The van der Waals surface area contributed by atoms with Crippen LogP contribution in [0, 0.1) is 0 Å². The van der Waals surface area contributed by atoms with Crippen LogP contribution in [-0.2, 0) is 7.05 Å². The highest BCUT2D eigenvalue weighted by Gasteiger charge is 2.36. The molecule has 0 unspecified atom stereocenters. The van der Waals surface area contributed by atoms with E-state index in [9.17, 15) is 4.79 Å². The smallest absolute Gasteiger partial charge is 0.262 e. The summed E-state index contributed by atoms with van der Waals surface area (Å²) in [4.78, 5) is 13.3. The van der Waals surface area contributed by atoms with Crippen molar-refractivity contribution in [1.29, 1.82) is 0 Å². The number of hydrogen-bond acceptors (Lipinski definition) is 5. The third-order valence-electron chi connectivity index (χ3n) is 5.02. The van der Waals surface area contributed by atoms with Gasteiger partial charge in [0.05, 0.1) is 33.8 Å². The first-order valence-electron chi connectivity index (χ1n) is 8.44. The van der Waals surface area contributed by atoms with Gasteiger partial charge in [0.15, 0.2) is 29.2 Å². The van der Waals surface area contributed by atoms with Gasteiger partial charge in [0.25, 0.3) is 11.5 Å². The molecule has 1 aliphatic carbocycles. The molecule has 4 rings (SSSR count). The second-order valence-electron chi connectivity index (χ2n) is 6.31. The Bertz CT molecular complexity index is 1100. The molecule has 0 fully saturated rings. The number of pyridine rings is 1. The van der Waals surface area contributed by atoms with Crippen molar-refractivity contribution in [2.75, 3.05) is 28.4 Å². The van der Waals surface area contributed by atoms with Crippen LogP contribution < -0.4 is 23.5 Å². The largest absolute Gasteiger partial charge is 0.493 e. The first-order chi connectivity index (χ1) is 13.0. The van der Waals surface area contributed by atoms with E-state index in [0.29, 0.717) is 34.3 Å². The molecule has 6 heteroatoms. The number of carbonyl (C=O) groups excluding carboxylic acids is 1. The van der Waals surface area contributed by atoms with Crippen molar-refractivity contribution in [3.05, 3.63) is 41.7 Å². The third kappa shape index (κ3) is 2.26. The molecule has 6 nitrogen and oxygen atoms in total. The summed E-state index contributed by atoms with van der Waals surface area (Å²) in [5.74, 6) is 2.17. The summed E-state index contributed by atoms with van der Waals surface area (Å²) in [6.07, 6.45) is 1.87. The second-order valence-corrected chi connectivity index (χ2v) is 6.31. The summed E-state index contributed by atoms with van der Waals surface area (Å²) in [7, 11) is 8.18. The van der Waals surface area contributed by atoms with Crippen molar-refractivity contribution in [1.82, 2.24) is 0 Å². The number of ether oxygens (including phenoxy) is 4.